The van der Waals surface area contributed by atoms with Crippen molar-refractivity contribution in [2.45, 2.75) is 0 Å². The fraction of sp³-hybridized carbons (Fsp3) is 0. The third kappa shape index (κ3) is 3.03. The maximum Gasteiger partial charge on any atom is 0.145 e. The Morgan fingerprint density at radius 1 is 0.370 bits per heavy atom. The minimum Gasteiger partial charge on any atom is -0.455 e. The van der Waals surface area contributed by atoms with Gasteiger partial charge in [0.1, 0.15) is 11.2 Å². The quantitative estimate of drug-likeness (QED) is 0.215. The zero-order valence-electron chi connectivity index (χ0n) is 24.7. The molecule has 0 unspecified atom stereocenters. The zero-order valence-corrected chi connectivity index (χ0v) is 24.7. The van der Waals surface area contributed by atoms with Gasteiger partial charge in [-0.15, -0.1) is 0 Å². The average Bonchev–Trinajstić information content (AvgIpc) is 3.85. The van der Waals surface area contributed by atoms with Crippen LogP contribution in [0.3, 0.4) is 0 Å². The lowest BCUT2D eigenvalue weighted by atomic mass is 10.1. The third-order valence-corrected chi connectivity index (χ3v) is 9.83. The summed E-state index contributed by atoms with van der Waals surface area (Å²) < 4.78 is 11.7. The van der Waals surface area contributed by atoms with Crippen molar-refractivity contribution in [3.63, 3.8) is 0 Å². The summed E-state index contributed by atoms with van der Waals surface area (Å²) in [6, 6.07) is 52.3. The molecule has 214 valence electrons. The van der Waals surface area contributed by atoms with Gasteiger partial charge in [-0.05, 0) is 66.7 Å². The molecule has 11 rings (SSSR count). The van der Waals surface area contributed by atoms with E-state index in [0.29, 0.717) is 0 Å². The fourth-order valence-electron chi connectivity index (χ4n) is 7.93. The fourth-order valence-corrected chi connectivity index (χ4v) is 7.93. The molecule has 11 aromatic rings. The minimum atomic E-state index is 0.929. The first kappa shape index (κ1) is 24.1. The van der Waals surface area contributed by atoms with Gasteiger partial charge in [-0.25, -0.2) is 0 Å². The molecular formula is C42H25N3O. The van der Waals surface area contributed by atoms with E-state index in [1.807, 2.05) is 0 Å². The molecule has 0 aliphatic carbocycles. The van der Waals surface area contributed by atoms with Crippen molar-refractivity contribution >= 4 is 87.4 Å². The molecule has 0 aliphatic heterocycles. The Labute approximate surface area is 262 Å². The van der Waals surface area contributed by atoms with Crippen molar-refractivity contribution in [2.24, 2.45) is 0 Å². The molecule has 4 aromatic heterocycles. The molecule has 0 fully saturated rings. The first-order chi connectivity index (χ1) is 22.8. The molecule has 1 N–H and O–H groups in total. The summed E-state index contributed by atoms with van der Waals surface area (Å²) in [6.07, 6.45) is 0. The molecule has 0 saturated carbocycles. The Hall–Kier alpha value is -6.26. The summed E-state index contributed by atoms with van der Waals surface area (Å²) in [7, 11) is 0. The highest BCUT2D eigenvalue weighted by atomic mass is 16.3. The third-order valence-electron chi connectivity index (χ3n) is 9.83. The largest absolute Gasteiger partial charge is 0.455 e. The normalized spacial score (nSPS) is 12.3. The molecule has 0 radical (unpaired) electrons. The van der Waals surface area contributed by atoms with E-state index in [1.54, 1.807) is 0 Å². The van der Waals surface area contributed by atoms with Crippen LogP contribution in [-0.2, 0) is 0 Å². The van der Waals surface area contributed by atoms with Crippen molar-refractivity contribution in [1.29, 1.82) is 0 Å². The highest BCUT2D eigenvalue weighted by molar-refractivity contribution is 6.28. The van der Waals surface area contributed by atoms with Crippen molar-refractivity contribution in [3.8, 4) is 11.4 Å². The van der Waals surface area contributed by atoms with Crippen LogP contribution in [-0.4, -0.2) is 14.1 Å². The van der Waals surface area contributed by atoms with E-state index in [4.69, 9.17) is 4.42 Å². The van der Waals surface area contributed by atoms with Gasteiger partial charge in [-0.2, -0.15) is 0 Å². The van der Waals surface area contributed by atoms with Gasteiger partial charge in [-0.1, -0.05) is 78.9 Å². The molecular weight excluding hydrogens is 562 g/mol. The van der Waals surface area contributed by atoms with E-state index in [0.717, 1.165) is 66.2 Å². The number of para-hydroxylation sites is 4. The molecule has 46 heavy (non-hydrogen) atoms. The summed E-state index contributed by atoms with van der Waals surface area (Å²) in [5.41, 5.74) is 11.0. The molecule has 0 saturated heterocycles. The van der Waals surface area contributed by atoms with Crippen molar-refractivity contribution in [1.82, 2.24) is 14.1 Å². The lowest BCUT2D eigenvalue weighted by Gasteiger charge is -2.12. The van der Waals surface area contributed by atoms with Crippen LogP contribution in [0.4, 0.5) is 0 Å². The zero-order chi connectivity index (χ0) is 29.9. The second-order valence-corrected chi connectivity index (χ2v) is 12.2. The standard InChI is InChI=1S/C42H25N3O/c1-5-16-33-31(14-1)39-34(43-33)22-20-29-30-21-23-38-40(42(30)46-41(29)39)32-15-4-8-19-37(32)45(38)26-11-9-10-25(24-26)44-35-17-6-2-12-27(35)28-13-3-7-18-36(28)44/h1-24,43H. The van der Waals surface area contributed by atoms with Crippen LogP contribution in [0.5, 0.6) is 0 Å². The average molecular weight is 588 g/mol. The van der Waals surface area contributed by atoms with Gasteiger partial charge in [-0.3, -0.25) is 0 Å². The molecule has 4 heteroatoms. The monoisotopic (exact) mass is 587 g/mol. The number of aromatic nitrogens is 3. The number of fused-ring (bicyclic) bond motifs is 14. The molecule has 0 atom stereocenters. The van der Waals surface area contributed by atoms with Crippen molar-refractivity contribution in [2.75, 3.05) is 0 Å². The van der Waals surface area contributed by atoms with Gasteiger partial charge >= 0.3 is 0 Å². The molecule has 0 amide bonds. The number of furan rings is 1. The Morgan fingerprint density at radius 3 is 1.63 bits per heavy atom. The maximum absolute atomic E-state index is 6.94. The minimum absolute atomic E-state index is 0.929. The summed E-state index contributed by atoms with van der Waals surface area (Å²) >= 11 is 0. The molecule has 0 bridgehead atoms. The number of hydrogen-bond donors (Lipinski definition) is 1. The maximum atomic E-state index is 6.94. The Bertz CT molecular complexity index is 2980. The van der Waals surface area contributed by atoms with Crippen molar-refractivity contribution in [3.05, 3.63) is 146 Å². The van der Waals surface area contributed by atoms with E-state index < -0.39 is 0 Å². The molecule has 0 aliphatic rings. The van der Waals surface area contributed by atoms with E-state index in [-0.39, 0.29) is 0 Å². The Morgan fingerprint density at radius 2 is 0.913 bits per heavy atom. The van der Waals surface area contributed by atoms with Crippen LogP contribution in [0.1, 0.15) is 0 Å². The topological polar surface area (TPSA) is 38.8 Å². The Balaban J connectivity index is 1.22. The van der Waals surface area contributed by atoms with E-state index in [2.05, 4.69) is 160 Å². The lowest BCUT2D eigenvalue weighted by Crippen LogP contribution is -1.98. The number of hydrogen-bond acceptors (Lipinski definition) is 1. The van der Waals surface area contributed by atoms with Gasteiger partial charge in [0.05, 0.1) is 38.4 Å². The van der Waals surface area contributed by atoms with Gasteiger partial charge in [0.2, 0.25) is 0 Å². The van der Waals surface area contributed by atoms with Gasteiger partial charge in [0.25, 0.3) is 0 Å². The van der Waals surface area contributed by atoms with Gasteiger partial charge in [0, 0.05) is 49.2 Å². The summed E-state index contributed by atoms with van der Waals surface area (Å²) in [4.78, 5) is 3.58. The molecule has 7 aromatic carbocycles. The highest BCUT2D eigenvalue weighted by Crippen LogP contribution is 2.43. The predicted octanol–water partition coefficient (Wildman–Crippen LogP) is 11.4. The van der Waals surface area contributed by atoms with E-state index in [1.165, 1.54) is 32.6 Å². The first-order valence-corrected chi connectivity index (χ1v) is 15.7. The first-order valence-electron chi connectivity index (χ1n) is 15.7. The van der Waals surface area contributed by atoms with E-state index >= 15 is 0 Å². The Kier molecular flexibility index (Phi) is 4.55. The lowest BCUT2D eigenvalue weighted by molar-refractivity contribution is 0.677. The number of benzene rings is 7. The number of rotatable bonds is 2. The second kappa shape index (κ2) is 8.68. The van der Waals surface area contributed by atoms with Crippen LogP contribution in [0.2, 0.25) is 0 Å². The molecule has 4 nitrogen and oxygen atoms in total. The van der Waals surface area contributed by atoms with Gasteiger partial charge < -0.3 is 18.5 Å². The van der Waals surface area contributed by atoms with E-state index in [9.17, 15) is 0 Å². The van der Waals surface area contributed by atoms with Crippen LogP contribution in [0, 0.1) is 0 Å². The van der Waals surface area contributed by atoms with Crippen LogP contribution >= 0.6 is 0 Å². The number of aromatic amines is 1. The number of H-pyrrole nitrogens is 1. The highest BCUT2D eigenvalue weighted by Gasteiger charge is 2.21. The van der Waals surface area contributed by atoms with Gasteiger partial charge in [0.15, 0.2) is 0 Å². The number of nitrogens with zero attached hydrogens (tertiary/aromatic N) is 2. The molecule has 0 spiro atoms. The summed E-state index contributed by atoms with van der Waals surface area (Å²) in [5.74, 6) is 0. The molecule has 4 heterocycles. The summed E-state index contributed by atoms with van der Waals surface area (Å²) in [6.45, 7) is 0. The number of nitrogens with one attached hydrogen (secondary N) is 1. The van der Waals surface area contributed by atoms with Crippen LogP contribution in [0.25, 0.3) is 98.7 Å². The SMILES string of the molecule is c1cc(-n2c3ccccc3c3ccccc32)cc(-n2c3ccccc3c3c4oc5c(ccc6[nH]c7ccccc7c65)c4ccc32)c1. The van der Waals surface area contributed by atoms with Crippen molar-refractivity contribution < 1.29 is 4.42 Å². The smallest absolute Gasteiger partial charge is 0.145 e. The predicted molar refractivity (Wildman–Crippen MR) is 192 cm³/mol. The second-order valence-electron chi connectivity index (χ2n) is 12.2. The van der Waals surface area contributed by atoms with Crippen LogP contribution < -0.4 is 0 Å². The van der Waals surface area contributed by atoms with Crippen LogP contribution in [0.15, 0.2) is 150 Å². The summed E-state index contributed by atoms with van der Waals surface area (Å²) in [5, 5.41) is 9.44.